The Kier molecular flexibility index (Phi) is 5.52. The maximum atomic E-state index is 6.54. The van der Waals surface area contributed by atoms with Crippen molar-refractivity contribution in [1.29, 1.82) is 0 Å². The largest absolute Gasteiger partial charge is 0.337 e. The van der Waals surface area contributed by atoms with Crippen LogP contribution in [0, 0.1) is 13.8 Å². The summed E-state index contributed by atoms with van der Waals surface area (Å²) in [6.45, 7) is 4.09. The van der Waals surface area contributed by atoms with Crippen LogP contribution in [-0.2, 0) is 0 Å². The predicted molar refractivity (Wildman–Crippen MR) is 157 cm³/mol. The number of hydrogen-bond acceptors (Lipinski definition) is 6. The fourth-order valence-electron chi connectivity index (χ4n) is 5.20. The number of pyridine rings is 1. The van der Waals surface area contributed by atoms with E-state index in [0.717, 1.165) is 39.7 Å². The third-order valence-corrected chi connectivity index (χ3v) is 7.22. The summed E-state index contributed by atoms with van der Waals surface area (Å²) in [6, 6.07) is 29.9. The van der Waals surface area contributed by atoms with Crippen LogP contribution in [0.4, 0.5) is 22.9 Å². The molecule has 3 aromatic carbocycles. The Morgan fingerprint density at radius 1 is 0.846 bits per heavy atom. The molecule has 7 rings (SSSR count). The van der Waals surface area contributed by atoms with Crippen molar-refractivity contribution in [2.45, 2.75) is 19.9 Å². The Morgan fingerprint density at radius 2 is 1.67 bits per heavy atom. The van der Waals surface area contributed by atoms with Gasteiger partial charge in [0.15, 0.2) is 23.3 Å². The molecule has 8 heteroatoms. The first-order chi connectivity index (χ1) is 19.1. The molecule has 0 unspecified atom stereocenters. The van der Waals surface area contributed by atoms with E-state index in [0.29, 0.717) is 22.5 Å². The van der Waals surface area contributed by atoms with E-state index in [-0.39, 0.29) is 6.04 Å². The van der Waals surface area contributed by atoms with Crippen molar-refractivity contribution in [2.75, 3.05) is 10.2 Å². The van der Waals surface area contributed by atoms with Crippen LogP contribution in [0.5, 0.6) is 0 Å². The zero-order chi connectivity index (χ0) is 26.5. The van der Waals surface area contributed by atoms with Crippen molar-refractivity contribution in [3.63, 3.8) is 0 Å². The summed E-state index contributed by atoms with van der Waals surface area (Å²) < 4.78 is 1.82. The highest BCUT2D eigenvalue weighted by molar-refractivity contribution is 6.51. The van der Waals surface area contributed by atoms with Gasteiger partial charge in [0.2, 0.25) is 0 Å². The second kappa shape index (κ2) is 9.22. The minimum absolute atomic E-state index is 0.241. The molecule has 2 aliphatic heterocycles. The van der Waals surface area contributed by atoms with Gasteiger partial charge in [0.1, 0.15) is 0 Å². The summed E-state index contributed by atoms with van der Waals surface area (Å²) in [5, 5.41) is 9.13. The second-order valence-corrected chi connectivity index (χ2v) is 10.1. The van der Waals surface area contributed by atoms with Gasteiger partial charge in [-0.1, -0.05) is 59.6 Å². The molecule has 0 bridgehead atoms. The first-order valence-electron chi connectivity index (χ1n) is 12.7. The molecule has 0 spiro atoms. The van der Waals surface area contributed by atoms with Gasteiger partial charge in [0, 0.05) is 22.5 Å². The number of hydrogen-bond donors (Lipinski definition) is 1. The first kappa shape index (κ1) is 23.4. The van der Waals surface area contributed by atoms with E-state index in [2.05, 4.69) is 46.4 Å². The fraction of sp³-hybridized carbons (Fsp3) is 0.0968. The number of anilines is 2. The molecule has 0 aliphatic carbocycles. The van der Waals surface area contributed by atoms with E-state index in [4.69, 9.17) is 26.7 Å². The average Bonchev–Trinajstić information content (AvgIpc) is 3.29. The number of nitrogens with one attached hydrogen (secondary N) is 1. The van der Waals surface area contributed by atoms with Gasteiger partial charge in [0.25, 0.3) is 0 Å². The highest BCUT2D eigenvalue weighted by Gasteiger charge is 2.41. The predicted octanol–water partition coefficient (Wildman–Crippen LogP) is 7.33. The summed E-state index contributed by atoms with van der Waals surface area (Å²) in [6.07, 6.45) is 1.76. The monoisotopic (exact) mass is 529 g/mol. The number of fused-ring (bicyclic) bond motifs is 4. The Bertz CT molecular complexity index is 1770. The Morgan fingerprint density at radius 3 is 2.46 bits per heavy atom. The van der Waals surface area contributed by atoms with Gasteiger partial charge in [-0.3, -0.25) is 0 Å². The first-order valence-corrected chi connectivity index (χ1v) is 13.1. The molecular weight excluding hydrogens is 506 g/mol. The van der Waals surface area contributed by atoms with E-state index < -0.39 is 0 Å². The number of aliphatic imine (C=N–C) groups is 2. The highest BCUT2D eigenvalue weighted by Crippen LogP contribution is 2.48. The highest BCUT2D eigenvalue weighted by atomic mass is 35.5. The Hall–Kier alpha value is -4.75. The zero-order valence-corrected chi connectivity index (χ0v) is 22.1. The van der Waals surface area contributed by atoms with Gasteiger partial charge in [-0.2, -0.15) is 9.78 Å². The summed E-state index contributed by atoms with van der Waals surface area (Å²) in [4.78, 5) is 17.1. The molecule has 190 valence electrons. The van der Waals surface area contributed by atoms with E-state index >= 15 is 0 Å². The molecule has 2 aromatic heterocycles. The summed E-state index contributed by atoms with van der Waals surface area (Å²) in [5.74, 6) is 2.77. The lowest BCUT2D eigenvalue weighted by Gasteiger charge is -2.40. The molecule has 4 heterocycles. The number of aromatic nitrogens is 3. The lowest BCUT2D eigenvalue weighted by molar-refractivity contribution is 0.810. The van der Waals surface area contributed by atoms with Crippen molar-refractivity contribution in [3.05, 3.63) is 125 Å². The molecule has 1 N–H and O–H groups in total. The van der Waals surface area contributed by atoms with Crippen LogP contribution in [0.2, 0.25) is 5.02 Å². The van der Waals surface area contributed by atoms with Crippen molar-refractivity contribution < 1.29 is 0 Å². The van der Waals surface area contributed by atoms with Gasteiger partial charge in [-0.25, -0.2) is 15.0 Å². The van der Waals surface area contributed by atoms with Crippen LogP contribution in [0.3, 0.4) is 0 Å². The second-order valence-electron chi connectivity index (χ2n) is 9.63. The minimum Gasteiger partial charge on any atom is -0.337 e. The van der Waals surface area contributed by atoms with Crippen molar-refractivity contribution in [2.24, 2.45) is 9.98 Å². The molecule has 0 saturated carbocycles. The molecule has 5 aromatic rings. The third-order valence-electron chi connectivity index (χ3n) is 6.98. The quantitative estimate of drug-likeness (QED) is 0.265. The zero-order valence-electron chi connectivity index (χ0n) is 21.4. The molecule has 2 aliphatic rings. The van der Waals surface area contributed by atoms with Gasteiger partial charge >= 0.3 is 0 Å². The minimum atomic E-state index is -0.241. The number of rotatable bonds is 3. The number of aryl methyl sites for hydroxylation is 2. The van der Waals surface area contributed by atoms with Crippen molar-refractivity contribution in [1.82, 2.24) is 14.8 Å². The number of nitrogens with zero attached hydrogens (tertiary/aromatic N) is 6. The van der Waals surface area contributed by atoms with Crippen LogP contribution in [0.1, 0.15) is 28.4 Å². The van der Waals surface area contributed by atoms with E-state index in [1.54, 1.807) is 6.20 Å². The van der Waals surface area contributed by atoms with Gasteiger partial charge in [0.05, 0.1) is 23.1 Å². The molecule has 7 nitrogen and oxygen atoms in total. The molecule has 0 saturated heterocycles. The Labute approximate surface area is 231 Å². The lowest BCUT2D eigenvalue weighted by atomic mass is 9.93. The van der Waals surface area contributed by atoms with E-state index in [1.807, 2.05) is 78.3 Å². The molecule has 0 radical (unpaired) electrons. The fourth-order valence-corrected chi connectivity index (χ4v) is 5.40. The molecule has 39 heavy (non-hydrogen) atoms. The molecular formula is C31H24ClN7. The van der Waals surface area contributed by atoms with Crippen LogP contribution in [-0.4, -0.2) is 26.4 Å². The van der Waals surface area contributed by atoms with Gasteiger partial charge in [-0.15, -0.1) is 0 Å². The normalized spacial score (nSPS) is 15.6. The van der Waals surface area contributed by atoms with Gasteiger partial charge in [-0.05, 0) is 67.9 Å². The topological polar surface area (TPSA) is 70.7 Å². The van der Waals surface area contributed by atoms with Crippen LogP contribution in [0.25, 0.3) is 5.82 Å². The summed E-state index contributed by atoms with van der Waals surface area (Å²) >= 11 is 6.54. The molecule has 0 amide bonds. The van der Waals surface area contributed by atoms with Crippen molar-refractivity contribution in [3.8, 4) is 5.82 Å². The smallest absolute Gasteiger partial charge is 0.179 e. The Balaban J connectivity index is 1.50. The van der Waals surface area contributed by atoms with E-state index in [1.165, 1.54) is 5.56 Å². The van der Waals surface area contributed by atoms with E-state index in [9.17, 15) is 0 Å². The van der Waals surface area contributed by atoms with Crippen molar-refractivity contribution >= 4 is 46.2 Å². The third kappa shape index (κ3) is 3.99. The molecule has 0 fully saturated rings. The van der Waals surface area contributed by atoms with Crippen LogP contribution < -0.4 is 10.2 Å². The maximum Gasteiger partial charge on any atom is 0.179 e. The number of halogens is 1. The van der Waals surface area contributed by atoms with Crippen LogP contribution >= 0.6 is 11.6 Å². The maximum absolute atomic E-state index is 6.54. The number of amidine groups is 2. The standard InChI is InChI=1S/C31H24ClN7/c1-19-13-15-23(16-14-19)34-29-31-36-30-27(20(2)37-39(30)26-12-5-6-17-33-26)28(21-8-7-9-22(32)18-21)38(31)25-11-4-3-10-24(25)35-29/h3-18,28H,1-2H3,(H,34,35)/t28-/m1/s1. The van der Waals surface area contributed by atoms with Gasteiger partial charge < -0.3 is 10.2 Å². The SMILES string of the molecule is Cc1ccc(NC2=Nc3ccccc3N3C2=Nc2c(c(C)nn2-c2ccccn2)[C@H]3c2cccc(Cl)c2)cc1. The summed E-state index contributed by atoms with van der Waals surface area (Å²) in [7, 11) is 0. The number of benzene rings is 3. The number of para-hydroxylation sites is 2. The average molecular weight is 530 g/mol. The lowest BCUT2D eigenvalue weighted by Crippen LogP contribution is -2.46. The van der Waals surface area contributed by atoms with Crippen LogP contribution in [0.15, 0.2) is 107 Å². The molecule has 1 atom stereocenters. The summed E-state index contributed by atoms with van der Waals surface area (Å²) in [5.41, 5.74) is 6.85.